The number of primary amides is 1. The number of hydrogen-bond acceptors (Lipinski definition) is 8. The van der Waals surface area contributed by atoms with Crippen LogP contribution in [0.2, 0.25) is 0 Å². The molecule has 5 N–H and O–H groups in total. The summed E-state index contributed by atoms with van der Waals surface area (Å²) in [5.41, 5.74) is 7.92. The Morgan fingerprint density at radius 2 is 2.12 bits per heavy atom. The molecule has 32 heavy (non-hydrogen) atoms. The highest BCUT2D eigenvalue weighted by atomic mass is 16.1. The Hall–Kier alpha value is -2.94. The summed E-state index contributed by atoms with van der Waals surface area (Å²) < 4.78 is 0. The second-order valence-corrected chi connectivity index (χ2v) is 9.37. The number of hydrogen-bond donors (Lipinski definition) is 4. The second-order valence-electron chi connectivity index (χ2n) is 9.37. The van der Waals surface area contributed by atoms with E-state index in [9.17, 15) is 4.79 Å². The lowest BCUT2D eigenvalue weighted by molar-refractivity contribution is 0.100. The zero-order valence-corrected chi connectivity index (χ0v) is 19.2. The number of amides is 1. The molecular formula is C23H34N8O. The average Bonchev–Trinajstić information content (AvgIpc) is 3.39. The third-order valence-electron chi connectivity index (χ3n) is 6.48. The zero-order valence-electron chi connectivity index (χ0n) is 19.2. The van der Waals surface area contributed by atoms with E-state index in [-0.39, 0.29) is 5.41 Å². The van der Waals surface area contributed by atoms with Crippen LogP contribution in [-0.4, -0.2) is 53.1 Å². The maximum Gasteiger partial charge on any atom is 0.248 e. The average molecular weight is 439 g/mol. The number of rotatable bonds is 8. The van der Waals surface area contributed by atoms with Gasteiger partial charge in [-0.1, -0.05) is 26.3 Å². The summed E-state index contributed by atoms with van der Waals surface area (Å²) in [6.07, 6.45) is 4.52. The largest absolute Gasteiger partial charge is 0.366 e. The van der Waals surface area contributed by atoms with Gasteiger partial charge in [-0.3, -0.25) is 4.79 Å². The molecule has 0 spiro atoms. The van der Waals surface area contributed by atoms with Crippen molar-refractivity contribution in [3.8, 4) is 0 Å². The Kier molecular flexibility index (Phi) is 6.45. The molecule has 9 nitrogen and oxygen atoms in total. The molecule has 1 amide bonds. The Morgan fingerprint density at radius 3 is 2.84 bits per heavy atom. The molecule has 3 heterocycles. The molecule has 1 unspecified atom stereocenters. The molecule has 1 aromatic heterocycles. The summed E-state index contributed by atoms with van der Waals surface area (Å²) in [4.78, 5) is 28.0. The fraction of sp³-hybridized carbons (Fsp3) is 0.565. The first-order valence-electron chi connectivity index (χ1n) is 11.5. The normalized spacial score (nSPS) is 22.8. The van der Waals surface area contributed by atoms with Crippen LogP contribution in [0.15, 0.2) is 18.2 Å². The highest BCUT2D eigenvalue weighted by Gasteiger charge is 2.34. The summed E-state index contributed by atoms with van der Waals surface area (Å²) in [5.74, 6) is 1.24. The van der Waals surface area contributed by atoms with Crippen LogP contribution < -0.4 is 26.6 Å². The highest BCUT2D eigenvalue weighted by Crippen LogP contribution is 2.36. The molecule has 0 bridgehead atoms. The maximum atomic E-state index is 11.6. The molecule has 2 saturated heterocycles. The lowest BCUT2D eigenvalue weighted by atomic mass is 9.85. The summed E-state index contributed by atoms with van der Waals surface area (Å²) in [5, 5.41) is 10.1. The van der Waals surface area contributed by atoms with E-state index in [0.717, 1.165) is 50.3 Å². The third-order valence-corrected chi connectivity index (χ3v) is 6.48. The topological polar surface area (TPSA) is 121 Å². The third kappa shape index (κ3) is 5.09. The minimum absolute atomic E-state index is 0.282. The molecule has 2 atom stereocenters. The monoisotopic (exact) mass is 438 g/mol. The van der Waals surface area contributed by atoms with Gasteiger partial charge < -0.3 is 26.6 Å². The predicted octanol–water partition coefficient (Wildman–Crippen LogP) is 2.81. The van der Waals surface area contributed by atoms with Crippen molar-refractivity contribution in [2.75, 3.05) is 41.7 Å². The van der Waals surface area contributed by atoms with Crippen molar-refractivity contribution in [2.24, 2.45) is 11.1 Å². The van der Waals surface area contributed by atoms with Gasteiger partial charge in [0.1, 0.15) is 0 Å². The minimum atomic E-state index is -0.465. The van der Waals surface area contributed by atoms with Gasteiger partial charge in [0.2, 0.25) is 23.8 Å². The number of benzene rings is 1. The van der Waals surface area contributed by atoms with E-state index in [1.807, 2.05) is 13.0 Å². The number of nitrogens with two attached hydrogens (primary N) is 1. The van der Waals surface area contributed by atoms with Crippen LogP contribution in [0.5, 0.6) is 0 Å². The van der Waals surface area contributed by atoms with Crippen LogP contribution in [0.1, 0.15) is 55.5 Å². The summed E-state index contributed by atoms with van der Waals surface area (Å²) in [6.45, 7) is 10.3. The first kappa shape index (κ1) is 22.3. The number of nitrogens with zero attached hydrogens (tertiary/aromatic N) is 4. The lowest BCUT2D eigenvalue weighted by Gasteiger charge is -2.24. The van der Waals surface area contributed by atoms with Crippen LogP contribution in [0, 0.1) is 12.3 Å². The Morgan fingerprint density at radius 1 is 1.31 bits per heavy atom. The number of nitrogens with one attached hydrogen (secondary N) is 3. The molecule has 2 aromatic rings. The van der Waals surface area contributed by atoms with E-state index >= 15 is 0 Å². The molecule has 2 aliphatic heterocycles. The second kappa shape index (κ2) is 9.28. The van der Waals surface area contributed by atoms with Gasteiger partial charge in [-0.2, -0.15) is 15.0 Å². The first-order valence-corrected chi connectivity index (χ1v) is 11.5. The SMILES string of the molecule is CCCC1(C)CCN(c2nc(Nc3cc(C(N)=O)ccc3C)nc(N[C@@H]3CCNC3)n2)C1. The molecule has 9 heteroatoms. The molecule has 2 fully saturated rings. The van der Waals surface area contributed by atoms with Gasteiger partial charge in [-0.05, 0) is 55.8 Å². The fourth-order valence-corrected chi connectivity index (χ4v) is 4.62. The number of carbonyl (C=O) groups is 1. The smallest absolute Gasteiger partial charge is 0.248 e. The predicted molar refractivity (Wildman–Crippen MR) is 128 cm³/mol. The number of aryl methyl sites for hydroxylation is 1. The maximum absolute atomic E-state index is 11.6. The standard InChI is InChI=1S/C23H34N8O/c1-4-8-23(3)9-11-31(14-23)22-29-20(26-17-7-10-25-13-17)28-21(30-22)27-18-12-16(19(24)32)6-5-15(18)2/h5-6,12,17,25H,4,7-11,13-14H2,1-3H3,(H2,24,32)(H2,26,27,28,29,30)/t17-,23?/m1/s1. The van der Waals surface area contributed by atoms with Crippen LogP contribution >= 0.6 is 0 Å². The summed E-state index contributed by atoms with van der Waals surface area (Å²) in [6, 6.07) is 5.62. The van der Waals surface area contributed by atoms with Gasteiger partial charge in [0.25, 0.3) is 0 Å². The molecule has 0 radical (unpaired) electrons. The Bertz CT molecular complexity index is 974. The van der Waals surface area contributed by atoms with E-state index in [0.29, 0.717) is 29.5 Å². The summed E-state index contributed by atoms with van der Waals surface area (Å²) in [7, 11) is 0. The number of carbonyl (C=O) groups excluding carboxylic acids is 1. The number of aromatic nitrogens is 3. The quantitative estimate of drug-likeness (QED) is 0.496. The first-order chi connectivity index (χ1) is 15.3. The van der Waals surface area contributed by atoms with E-state index in [4.69, 9.17) is 15.7 Å². The van der Waals surface area contributed by atoms with Crippen molar-refractivity contribution in [2.45, 2.75) is 52.5 Å². The van der Waals surface area contributed by atoms with E-state index in [1.165, 1.54) is 12.8 Å². The van der Waals surface area contributed by atoms with E-state index in [1.54, 1.807) is 12.1 Å². The molecule has 4 rings (SSSR count). The lowest BCUT2D eigenvalue weighted by Crippen LogP contribution is -2.28. The number of anilines is 4. The van der Waals surface area contributed by atoms with Crippen molar-refractivity contribution in [3.05, 3.63) is 29.3 Å². The van der Waals surface area contributed by atoms with Crippen molar-refractivity contribution in [1.29, 1.82) is 0 Å². The van der Waals surface area contributed by atoms with Gasteiger partial charge in [0, 0.05) is 36.9 Å². The van der Waals surface area contributed by atoms with E-state index in [2.05, 4.69) is 39.7 Å². The Labute approximate surface area is 189 Å². The van der Waals surface area contributed by atoms with Gasteiger partial charge in [0.15, 0.2) is 0 Å². The van der Waals surface area contributed by atoms with Crippen molar-refractivity contribution in [1.82, 2.24) is 20.3 Å². The van der Waals surface area contributed by atoms with E-state index < -0.39 is 5.91 Å². The molecule has 0 aliphatic carbocycles. The van der Waals surface area contributed by atoms with Crippen molar-refractivity contribution in [3.63, 3.8) is 0 Å². The Balaban J connectivity index is 1.63. The van der Waals surface area contributed by atoms with Crippen LogP contribution in [0.4, 0.5) is 23.5 Å². The summed E-state index contributed by atoms with van der Waals surface area (Å²) >= 11 is 0. The molecular weight excluding hydrogens is 404 g/mol. The van der Waals surface area contributed by atoms with Crippen molar-refractivity contribution < 1.29 is 4.79 Å². The van der Waals surface area contributed by atoms with Gasteiger partial charge >= 0.3 is 0 Å². The highest BCUT2D eigenvalue weighted by molar-refractivity contribution is 5.94. The molecule has 172 valence electrons. The minimum Gasteiger partial charge on any atom is -0.366 e. The van der Waals surface area contributed by atoms with Gasteiger partial charge in [-0.25, -0.2) is 0 Å². The van der Waals surface area contributed by atoms with Gasteiger partial charge in [0.05, 0.1) is 0 Å². The molecule has 2 aliphatic rings. The van der Waals surface area contributed by atoms with Crippen LogP contribution in [-0.2, 0) is 0 Å². The fourth-order valence-electron chi connectivity index (χ4n) is 4.62. The van der Waals surface area contributed by atoms with Crippen LogP contribution in [0.3, 0.4) is 0 Å². The molecule has 1 aromatic carbocycles. The van der Waals surface area contributed by atoms with Crippen molar-refractivity contribution >= 4 is 29.4 Å². The van der Waals surface area contributed by atoms with Crippen LogP contribution in [0.25, 0.3) is 0 Å². The zero-order chi connectivity index (χ0) is 22.7. The molecule has 0 saturated carbocycles. The van der Waals surface area contributed by atoms with Gasteiger partial charge in [-0.15, -0.1) is 0 Å².